The topological polar surface area (TPSA) is 98.8 Å². The Kier molecular flexibility index (Phi) is 2.99. The van der Waals surface area contributed by atoms with E-state index >= 15 is 0 Å². The maximum Gasteiger partial charge on any atom is 0.323 e. The Balaban J connectivity index is 2.41. The van der Waals surface area contributed by atoms with Crippen LogP contribution in [-0.2, 0) is 9.59 Å². The summed E-state index contributed by atoms with van der Waals surface area (Å²) in [6, 6.07) is -0.978. The Morgan fingerprint density at radius 3 is 1.40 bits per heavy atom. The summed E-state index contributed by atoms with van der Waals surface area (Å²) in [5.74, 6) is -0.998. The van der Waals surface area contributed by atoms with Gasteiger partial charge < -0.3 is 9.80 Å². The standard InChI is InChI=1S/C12H18N4O4/c1-11(5-15(3)9(19)13-7(11)17)12(2)6-16(4)10(20)14-8(12)18/h5-6H2,1-4H3,(H,13,17,19)(H,14,18,20)/t11-,12-/m1/s1. The molecule has 110 valence electrons. The summed E-state index contributed by atoms with van der Waals surface area (Å²) in [4.78, 5) is 50.3. The summed E-state index contributed by atoms with van der Waals surface area (Å²) in [5.41, 5.74) is -2.23. The number of hydrogen-bond donors (Lipinski definition) is 2. The van der Waals surface area contributed by atoms with E-state index in [4.69, 9.17) is 0 Å². The van der Waals surface area contributed by atoms with E-state index in [9.17, 15) is 19.2 Å². The van der Waals surface area contributed by atoms with Crippen LogP contribution < -0.4 is 10.6 Å². The van der Waals surface area contributed by atoms with Crippen molar-refractivity contribution in [3.05, 3.63) is 0 Å². The zero-order valence-electron chi connectivity index (χ0n) is 11.9. The van der Waals surface area contributed by atoms with Gasteiger partial charge in [0.25, 0.3) is 0 Å². The summed E-state index contributed by atoms with van der Waals surface area (Å²) in [5, 5.41) is 4.51. The predicted molar refractivity (Wildman–Crippen MR) is 68.6 cm³/mol. The van der Waals surface area contributed by atoms with Gasteiger partial charge in [-0.25, -0.2) is 9.59 Å². The van der Waals surface area contributed by atoms with E-state index < -0.39 is 34.7 Å². The summed E-state index contributed by atoms with van der Waals surface area (Å²) in [7, 11) is 3.11. The van der Waals surface area contributed by atoms with Gasteiger partial charge >= 0.3 is 12.1 Å². The van der Waals surface area contributed by atoms with E-state index in [1.165, 1.54) is 9.80 Å². The van der Waals surface area contributed by atoms with Gasteiger partial charge in [-0.3, -0.25) is 20.2 Å². The molecule has 0 radical (unpaired) electrons. The highest BCUT2D eigenvalue weighted by Gasteiger charge is 2.60. The quantitative estimate of drug-likeness (QED) is 0.668. The second-order valence-corrected chi connectivity index (χ2v) is 5.89. The molecule has 20 heavy (non-hydrogen) atoms. The number of amides is 6. The molecular formula is C12H18N4O4. The Morgan fingerprint density at radius 1 is 0.800 bits per heavy atom. The number of rotatable bonds is 1. The molecule has 0 spiro atoms. The summed E-state index contributed by atoms with van der Waals surface area (Å²) in [6.45, 7) is 3.50. The lowest BCUT2D eigenvalue weighted by molar-refractivity contribution is -0.154. The lowest BCUT2D eigenvalue weighted by atomic mass is 9.62. The van der Waals surface area contributed by atoms with Crippen molar-refractivity contribution in [3.8, 4) is 0 Å². The number of nitrogens with one attached hydrogen (secondary N) is 2. The van der Waals surface area contributed by atoms with Gasteiger partial charge in [0, 0.05) is 27.2 Å². The number of carbonyl (C=O) groups excluding carboxylic acids is 4. The monoisotopic (exact) mass is 282 g/mol. The second-order valence-electron chi connectivity index (χ2n) is 5.89. The molecule has 0 bridgehead atoms. The SMILES string of the molecule is CN1C[C@@](C)([C@]2(C)CN(C)C(=O)NC2=O)C(=O)NC1=O. The van der Waals surface area contributed by atoms with E-state index in [1.54, 1.807) is 27.9 Å². The highest BCUT2D eigenvalue weighted by molar-refractivity contribution is 6.06. The number of nitrogens with zero attached hydrogens (tertiary/aromatic N) is 2. The molecule has 2 N–H and O–H groups in total. The summed E-state index contributed by atoms with van der Waals surface area (Å²) in [6.07, 6.45) is 0. The van der Waals surface area contributed by atoms with Crippen molar-refractivity contribution in [3.63, 3.8) is 0 Å². The zero-order valence-corrected chi connectivity index (χ0v) is 11.9. The second kappa shape index (κ2) is 4.19. The van der Waals surface area contributed by atoms with Crippen LogP contribution in [-0.4, -0.2) is 60.9 Å². The number of urea groups is 2. The maximum atomic E-state index is 12.3. The third-order valence-electron chi connectivity index (χ3n) is 4.46. The Labute approximate surface area is 116 Å². The van der Waals surface area contributed by atoms with Crippen LogP contribution in [0.4, 0.5) is 9.59 Å². The molecule has 0 unspecified atom stereocenters. The van der Waals surface area contributed by atoms with Crippen molar-refractivity contribution < 1.29 is 19.2 Å². The minimum Gasteiger partial charge on any atom is -0.326 e. The molecule has 0 saturated carbocycles. The van der Waals surface area contributed by atoms with Crippen LogP contribution in [0.3, 0.4) is 0 Å². The smallest absolute Gasteiger partial charge is 0.323 e. The molecule has 0 aliphatic carbocycles. The van der Waals surface area contributed by atoms with Gasteiger partial charge in [0.15, 0.2) is 0 Å². The fourth-order valence-electron chi connectivity index (χ4n) is 2.75. The van der Waals surface area contributed by atoms with Gasteiger partial charge in [0.1, 0.15) is 0 Å². The summed E-state index contributed by atoms with van der Waals surface area (Å²) < 4.78 is 0. The van der Waals surface area contributed by atoms with Gasteiger partial charge in [-0.2, -0.15) is 0 Å². The van der Waals surface area contributed by atoms with Crippen LogP contribution in [0, 0.1) is 10.8 Å². The largest absolute Gasteiger partial charge is 0.326 e. The maximum absolute atomic E-state index is 12.3. The molecule has 2 atom stereocenters. The predicted octanol–water partition coefficient (Wildman–Crippen LogP) is -0.638. The molecule has 2 fully saturated rings. The van der Waals surface area contributed by atoms with E-state index in [0.717, 1.165) is 0 Å². The number of imide groups is 2. The third-order valence-corrected chi connectivity index (χ3v) is 4.46. The Morgan fingerprint density at radius 2 is 1.10 bits per heavy atom. The van der Waals surface area contributed by atoms with Crippen molar-refractivity contribution in [1.82, 2.24) is 20.4 Å². The van der Waals surface area contributed by atoms with Gasteiger partial charge in [0.05, 0.1) is 10.8 Å². The van der Waals surface area contributed by atoms with Crippen LogP contribution in [0.25, 0.3) is 0 Å². The lowest BCUT2D eigenvalue weighted by Gasteiger charge is -2.50. The van der Waals surface area contributed by atoms with Crippen LogP contribution in [0.1, 0.15) is 13.8 Å². The molecule has 2 heterocycles. The molecule has 8 nitrogen and oxygen atoms in total. The van der Waals surface area contributed by atoms with Crippen LogP contribution in [0.15, 0.2) is 0 Å². The first-order chi connectivity index (χ1) is 9.11. The molecular weight excluding hydrogens is 264 g/mol. The number of carbonyl (C=O) groups is 4. The Hall–Kier alpha value is -2.12. The highest BCUT2D eigenvalue weighted by Crippen LogP contribution is 2.43. The first-order valence-corrected chi connectivity index (χ1v) is 6.25. The minimum absolute atomic E-state index is 0.115. The fraction of sp³-hybridized carbons (Fsp3) is 0.667. The fourth-order valence-corrected chi connectivity index (χ4v) is 2.75. The van der Waals surface area contributed by atoms with Crippen molar-refractivity contribution in [2.24, 2.45) is 10.8 Å². The van der Waals surface area contributed by atoms with Crippen molar-refractivity contribution in [2.75, 3.05) is 27.2 Å². The molecule has 2 aliphatic heterocycles. The van der Waals surface area contributed by atoms with E-state index in [2.05, 4.69) is 10.6 Å². The van der Waals surface area contributed by atoms with Gasteiger partial charge in [0.2, 0.25) is 11.8 Å². The molecule has 2 rings (SSSR count). The van der Waals surface area contributed by atoms with Gasteiger partial charge in [-0.1, -0.05) is 0 Å². The molecule has 8 heteroatoms. The molecule has 0 aromatic carbocycles. The molecule has 2 aliphatic rings. The zero-order chi connectivity index (χ0) is 15.3. The van der Waals surface area contributed by atoms with E-state index in [-0.39, 0.29) is 13.1 Å². The molecule has 6 amide bonds. The third kappa shape index (κ3) is 1.75. The van der Waals surface area contributed by atoms with Gasteiger partial charge in [-0.05, 0) is 13.8 Å². The average Bonchev–Trinajstić information content (AvgIpc) is 2.34. The normalized spacial score (nSPS) is 35.0. The van der Waals surface area contributed by atoms with E-state index in [0.29, 0.717) is 0 Å². The average molecular weight is 282 g/mol. The van der Waals surface area contributed by atoms with Crippen molar-refractivity contribution in [1.29, 1.82) is 0 Å². The van der Waals surface area contributed by atoms with Crippen LogP contribution in [0.2, 0.25) is 0 Å². The van der Waals surface area contributed by atoms with Crippen molar-refractivity contribution in [2.45, 2.75) is 13.8 Å². The molecule has 0 aromatic rings. The van der Waals surface area contributed by atoms with Crippen LogP contribution in [0.5, 0.6) is 0 Å². The van der Waals surface area contributed by atoms with Crippen LogP contribution >= 0.6 is 0 Å². The number of hydrogen-bond acceptors (Lipinski definition) is 4. The Bertz CT molecular complexity index is 474. The minimum atomic E-state index is -1.12. The highest BCUT2D eigenvalue weighted by atomic mass is 16.2. The molecule has 0 aromatic heterocycles. The van der Waals surface area contributed by atoms with Gasteiger partial charge in [-0.15, -0.1) is 0 Å². The first-order valence-electron chi connectivity index (χ1n) is 6.25. The van der Waals surface area contributed by atoms with E-state index in [1.807, 2.05) is 0 Å². The first kappa shape index (κ1) is 14.3. The lowest BCUT2D eigenvalue weighted by Crippen LogP contribution is -2.71. The van der Waals surface area contributed by atoms with Crippen molar-refractivity contribution >= 4 is 23.9 Å². The summed E-state index contributed by atoms with van der Waals surface area (Å²) >= 11 is 0. The molecule has 2 saturated heterocycles.